The number of aliphatic hydroxyl groups is 1. The SMILES string of the molecule is CC(=O)/C(=C(\C)O)c1c(C#N)c(=O)n(C)c2ccccc12. The maximum atomic E-state index is 12.3. The maximum absolute atomic E-state index is 12.3. The first-order valence-electron chi connectivity index (χ1n) is 6.33. The molecular formula is C16H14N2O3. The number of Topliss-reactive ketones (excluding diaryl/α,β-unsaturated/α-hetero) is 1. The van der Waals surface area contributed by atoms with Crippen LogP contribution in [0.25, 0.3) is 16.5 Å². The van der Waals surface area contributed by atoms with Crippen molar-refractivity contribution in [1.82, 2.24) is 4.57 Å². The lowest BCUT2D eigenvalue weighted by atomic mass is 9.93. The van der Waals surface area contributed by atoms with Crippen LogP contribution in [0.15, 0.2) is 34.8 Å². The van der Waals surface area contributed by atoms with Crippen LogP contribution in [0.2, 0.25) is 0 Å². The lowest BCUT2D eigenvalue weighted by molar-refractivity contribution is -0.111. The highest BCUT2D eigenvalue weighted by Gasteiger charge is 2.22. The van der Waals surface area contributed by atoms with E-state index in [0.29, 0.717) is 10.9 Å². The molecule has 5 heteroatoms. The van der Waals surface area contributed by atoms with E-state index >= 15 is 0 Å². The van der Waals surface area contributed by atoms with Crippen molar-refractivity contribution in [3.63, 3.8) is 0 Å². The minimum atomic E-state index is -0.494. The smallest absolute Gasteiger partial charge is 0.269 e. The van der Waals surface area contributed by atoms with E-state index in [2.05, 4.69) is 0 Å². The fraction of sp³-hybridized carbons (Fsp3) is 0.188. The van der Waals surface area contributed by atoms with Gasteiger partial charge in [-0.1, -0.05) is 18.2 Å². The Hall–Kier alpha value is -2.87. The molecule has 1 aromatic heterocycles. The van der Waals surface area contributed by atoms with Crippen molar-refractivity contribution in [2.24, 2.45) is 7.05 Å². The van der Waals surface area contributed by atoms with E-state index in [0.717, 1.165) is 0 Å². The lowest BCUT2D eigenvalue weighted by Gasteiger charge is -2.14. The molecule has 0 saturated heterocycles. The van der Waals surface area contributed by atoms with Crippen molar-refractivity contribution in [3.8, 4) is 6.07 Å². The van der Waals surface area contributed by atoms with Gasteiger partial charge in [0.25, 0.3) is 5.56 Å². The molecule has 0 saturated carbocycles. The molecule has 0 amide bonds. The van der Waals surface area contributed by atoms with Gasteiger partial charge < -0.3 is 9.67 Å². The van der Waals surface area contributed by atoms with Crippen molar-refractivity contribution < 1.29 is 9.90 Å². The first-order chi connectivity index (χ1) is 9.90. The number of nitriles is 1. The Morgan fingerprint density at radius 2 is 1.90 bits per heavy atom. The van der Waals surface area contributed by atoms with Crippen molar-refractivity contribution >= 4 is 22.3 Å². The first kappa shape index (κ1) is 14.5. The Kier molecular flexibility index (Phi) is 3.64. The summed E-state index contributed by atoms with van der Waals surface area (Å²) < 4.78 is 1.36. The van der Waals surface area contributed by atoms with E-state index in [1.54, 1.807) is 31.3 Å². The molecule has 2 rings (SSSR count). The number of ketones is 1. The molecule has 0 spiro atoms. The Morgan fingerprint density at radius 3 is 2.43 bits per heavy atom. The van der Waals surface area contributed by atoms with Crippen LogP contribution in [-0.4, -0.2) is 15.5 Å². The van der Waals surface area contributed by atoms with Crippen molar-refractivity contribution in [3.05, 3.63) is 51.5 Å². The minimum Gasteiger partial charge on any atom is -0.512 e. The quantitative estimate of drug-likeness (QED) is 0.676. The molecule has 0 aliphatic heterocycles. The summed E-state index contributed by atoms with van der Waals surface area (Å²) in [6, 6.07) is 8.82. The van der Waals surface area contributed by atoms with E-state index in [-0.39, 0.29) is 22.5 Å². The molecule has 0 aliphatic rings. The summed E-state index contributed by atoms with van der Waals surface area (Å²) in [4.78, 5) is 24.2. The lowest BCUT2D eigenvalue weighted by Crippen LogP contribution is -2.23. The number of aromatic nitrogens is 1. The number of para-hydroxylation sites is 1. The monoisotopic (exact) mass is 282 g/mol. The zero-order valence-corrected chi connectivity index (χ0v) is 12.0. The second kappa shape index (κ2) is 5.25. The number of allylic oxidation sites excluding steroid dienone is 2. The van der Waals surface area contributed by atoms with Crippen LogP contribution in [-0.2, 0) is 11.8 Å². The summed E-state index contributed by atoms with van der Waals surface area (Å²) in [6.45, 7) is 2.66. The van der Waals surface area contributed by atoms with Gasteiger partial charge in [-0.05, 0) is 19.9 Å². The summed E-state index contributed by atoms with van der Waals surface area (Å²) in [6.07, 6.45) is 0. The number of hydrogen-bond donors (Lipinski definition) is 1. The van der Waals surface area contributed by atoms with Crippen LogP contribution >= 0.6 is 0 Å². The van der Waals surface area contributed by atoms with Gasteiger partial charge in [-0.3, -0.25) is 9.59 Å². The van der Waals surface area contributed by atoms with Gasteiger partial charge in [-0.2, -0.15) is 5.26 Å². The van der Waals surface area contributed by atoms with E-state index < -0.39 is 11.3 Å². The van der Waals surface area contributed by atoms with Crippen LogP contribution in [0.3, 0.4) is 0 Å². The Labute approximate surface area is 121 Å². The third-order valence-electron chi connectivity index (χ3n) is 3.38. The summed E-state index contributed by atoms with van der Waals surface area (Å²) >= 11 is 0. The molecule has 21 heavy (non-hydrogen) atoms. The van der Waals surface area contributed by atoms with Gasteiger partial charge in [0.15, 0.2) is 5.78 Å². The van der Waals surface area contributed by atoms with Crippen molar-refractivity contribution in [2.45, 2.75) is 13.8 Å². The molecule has 106 valence electrons. The van der Waals surface area contributed by atoms with E-state index in [1.165, 1.54) is 18.4 Å². The number of nitrogens with zero attached hydrogens (tertiary/aromatic N) is 2. The second-order valence-corrected chi connectivity index (χ2v) is 4.76. The molecular weight excluding hydrogens is 268 g/mol. The number of aliphatic hydroxyl groups excluding tert-OH is 1. The average molecular weight is 282 g/mol. The molecule has 5 nitrogen and oxygen atoms in total. The fourth-order valence-electron chi connectivity index (χ4n) is 2.47. The number of carbonyl (C=O) groups is 1. The number of hydrogen-bond acceptors (Lipinski definition) is 4. The summed E-state index contributed by atoms with van der Waals surface area (Å²) in [7, 11) is 1.57. The first-order valence-corrected chi connectivity index (χ1v) is 6.33. The molecule has 1 N–H and O–H groups in total. The standard InChI is InChI=1S/C16H14N2O3/c1-9(19)14(10(2)20)15-11-6-4-5-7-13(11)18(3)16(21)12(15)8-17/h4-7,19H,1-3H3/b14-9-. The summed E-state index contributed by atoms with van der Waals surface area (Å²) in [5.74, 6) is -0.609. The summed E-state index contributed by atoms with van der Waals surface area (Å²) in [5.41, 5.74) is 0.154. The highest BCUT2D eigenvalue weighted by Crippen LogP contribution is 2.28. The van der Waals surface area contributed by atoms with Crippen LogP contribution in [0.5, 0.6) is 0 Å². The van der Waals surface area contributed by atoms with Gasteiger partial charge >= 0.3 is 0 Å². The van der Waals surface area contributed by atoms with Gasteiger partial charge in [0.2, 0.25) is 0 Å². The topological polar surface area (TPSA) is 83.1 Å². The zero-order chi connectivity index (χ0) is 15.7. The van der Waals surface area contributed by atoms with Crippen LogP contribution < -0.4 is 5.56 Å². The third-order valence-corrected chi connectivity index (χ3v) is 3.38. The van der Waals surface area contributed by atoms with Crippen LogP contribution in [0, 0.1) is 11.3 Å². The Bertz CT molecular complexity index is 879. The van der Waals surface area contributed by atoms with Gasteiger partial charge in [0, 0.05) is 18.0 Å². The number of aryl methyl sites for hydroxylation is 1. The summed E-state index contributed by atoms with van der Waals surface area (Å²) in [5, 5.41) is 19.7. The zero-order valence-electron chi connectivity index (χ0n) is 12.0. The highest BCUT2D eigenvalue weighted by molar-refractivity contribution is 6.23. The van der Waals surface area contributed by atoms with E-state index in [4.69, 9.17) is 0 Å². The molecule has 1 heterocycles. The van der Waals surface area contributed by atoms with Gasteiger partial charge in [0.1, 0.15) is 17.4 Å². The average Bonchev–Trinajstić information content (AvgIpc) is 2.44. The molecule has 0 radical (unpaired) electrons. The van der Waals surface area contributed by atoms with Gasteiger partial charge in [0.05, 0.1) is 11.1 Å². The molecule has 0 atom stereocenters. The van der Waals surface area contributed by atoms with E-state index in [1.807, 2.05) is 6.07 Å². The molecule has 0 aliphatic carbocycles. The Balaban J connectivity index is 3.16. The molecule has 1 aromatic carbocycles. The minimum absolute atomic E-state index is 0.000417. The van der Waals surface area contributed by atoms with Gasteiger partial charge in [-0.25, -0.2) is 0 Å². The molecule has 0 unspecified atom stereocenters. The van der Waals surface area contributed by atoms with E-state index in [9.17, 15) is 20.0 Å². The highest BCUT2D eigenvalue weighted by atomic mass is 16.3. The van der Waals surface area contributed by atoms with Crippen molar-refractivity contribution in [2.75, 3.05) is 0 Å². The molecule has 0 fully saturated rings. The number of fused-ring (bicyclic) bond motifs is 1. The third kappa shape index (κ3) is 2.21. The predicted molar refractivity (Wildman–Crippen MR) is 79.8 cm³/mol. The number of carbonyl (C=O) groups excluding carboxylic acids is 1. The molecule has 0 bridgehead atoms. The number of rotatable bonds is 2. The number of pyridine rings is 1. The second-order valence-electron chi connectivity index (χ2n) is 4.76. The number of benzene rings is 1. The predicted octanol–water partition coefficient (Wildman–Crippen LogP) is 2.29. The fourth-order valence-corrected chi connectivity index (χ4v) is 2.47. The van der Waals surface area contributed by atoms with Crippen molar-refractivity contribution in [1.29, 1.82) is 5.26 Å². The normalized spacial score (nSPS) is 11.9. The van der Waals surface area contributed by atoms with Crippen LogP contribution in [0.1, 0.15) is 25.0 Å². The molecule has 2 aromatic rings. The van der Waals surface area contributed by atoms with Gasteiger partial charge in [-0.15, -0.1) is 0 Å². The Morgan fingerprint density at radius 1 is 1.29 bits per heavy atom. The van der Waals surface area contributed by atoms with Crippen LogP contribution in [0.4, 0.5) is 0 Å². The maximum Gasteiger partial charge on any atom is 0.269 e. The largest absolute Gasteiger partial charge is 0.512 e.